The molecule has 1 aromatic rings. The van der Waals surface area contributed by atoms with Crippen molar-refractivity contribution in [3.63, 3.8) is 0 Å². The van der Waals surface area contributed by atoms with Gasteiger partial charge in [0.1, 0.15) is 11.9 Å². The Labute approximate surface area is 110 Å². The van der Waals surface area contributed by atoms with Gasteiger partial charge in [0.15, 0.2) is 6.10 Å². The third-order valence-corrected chi connectivity index (χ3v) is 3.00. The molecule has 0 N–H and O–H groups in total. The number of carbonyl (C=O) groups excluding carboxylic acids is 1. The number of hydrogen-bond acceptors (Lipinski definition) is 4. The molecule has 0 amide bonds. The second kappa shape index (κ2) is 5.42. The van der Waals surface area contributed by atoms with E-state index in [-0.39, 0.29) is 0 Å². The Morgan fingerprint density at radius 2 is 1.94 bits per heavy atom. The minimum atomic E-state index is -0.561. The van der Waals surface area contributed by atoms with E-state index in [1.807, 2.05) is 12.1 Å². The summed E-state index contributed by atoms with van der Waals surface area (Å²) in [5.41, 5.74) is 0.865. The van der Waals surface area contributed by atoms with Crippen LogP contribution in [-0.2, 0) is 19.0 Å². The number of carbonyl (C=O) groups is 1. The molecular weight excluding hydrogens is 256 g/mol. The predicted octanol–water partition coefficient (Wildman–Crippen LogP) is 2.48. The molecule has 2 unspecified atom stereocenters. The van der Waals surface area contributed by atoms with Crippen molar-refractivity contribution in [1.82, 2.24) is 0 Å². The van der Waals surface area contributed by atoms with Crippen LogP contribution in [0.5, 0.6) is 0 Å². The van der Waals surface area contributed by atoms with Crippen molar-refractivity contribution in [2.75, 3.05) is 14.2 Å². The Balaban J connectivity index is 2.26. The molecule has 5 heteroatoms. The van der Waals surface area contributed by atoms with Gasteiger partial charge in [-0.05, 0) is 17.7 Å². The first kappa shape index (κ1) is 12.9. The summed E-state index contributed by atoms with van der Waals surface area (Å²) in [6.07, 6.45) is 0.348. The van der Waals surface area contributed by atoms with Crippen molar-refractivity contribution in [2.24, 2.45) is 0 Å². The molecule has 0 bridgehead atoms. The van der Waals surface area contributed by atoms with Gasteiger partial charge < -0.3 is 14.2 Å². The molecule has 18 heavy (non-hydrogen) atoms. The number of benzene rings is 1. The molecule has 4 nitrogen and oxygen atoms in total. The summed E-state index contributed by atoms with van der Waals surface area (Å²) in [5.74, 6) is 0.0367. The molecule has 2 rings (SSSR count). The molecule has 1 aliphatic heterocycles. The lowest BCUT2D eigenvalue weighted by Crippen LogP contribution is -2.24. The van der Waals surface area contributed by atoms with Crippen LogP contribution in [0.3, 0.4) is 0 Å². The van der Waals surface area contributed by atoms with Gasteiger partial charge in [0.05, 0.1) is 13.2 Å². The number of methoxy groups -OCH3 is 2. The van der Waals surface area contributed by atoms with Crippen molar-refractivity contribution >= 4 is 17.6 Å². The zero-order valence-corrected chi connectivity index (χ0v) is 10.8. The van der Waals surface area contributed by atoms with Gasteiger partial charge in [0.2, 0.25) is 0 Å². The Morgan fingerprint density at radius 3 is 2.50 bits per heavy atom. The van der Waals surface area contributed by atoms with E-state index in [2.05, 4.69) is 0 Å². The maximum atomic E-state index is 11.3. The molecule has 0 spiro atoms. The summed E-state index contributed by atoms with van der Waals surface area (Å²) in [6.45, 7) is 0. The lowest BCUT2D eigenvalue weighted by atomic mass is 10.0. The SMILES string of the molecule is COC1=CC(=O)OC1C(OC)c1ccc(Cl)cc1. The third kappa shape index (κ3) is 2.49. The van der Waals surface area contributed by atoms with Crippen LogP contribution >= 0.6 is 11.6 Å². The van der Waals surface area contributed by atoms with Crippen molar-refractivity contribution in [2.45, 2.75) is 12.2 Å². The molecule has 96 valence electrons. The number of ether oxygens (including phenoxy) is 3. The molecular formula is C13H13ClO4. The van der Waals surface area contributed by atoms with Gasteiger partial charge in [-0.2, -0.15) is 0 Å². The summed E-state index contributed by atoms with van der Waals surface area (Å²) in [7, 11) is 3.05. The van der Waals surface area contributed by atoms with Crippen LogP contribution in [0.4, 0.5) is 0 Å². The standard InChI is InChI=1S/C13H13ClO4/c1-16-10-7-11(15)18-13(10)12(17-2)8-3-5-9(14)6-4-8/h3-7,12-13H,1-2H3. The summed E-state index contributed by atoms with van der Waals surface area (Å²) in [6, 6.07) is 7.18. The van der Waals surface area contributed by atoms with Crippen LogP contribution in [0.25, 0.3) is 0 Å². The first-order chi connectivity index (χ1) is 8.65. The first-order valence-electron chi connectivity index (χ1n) is 5.40. The molecule has 0 aromatic heterocycles. The monoisotopic (exact) mass is 268 g/mol. The fourth-order valence-corrected chi connectivity index (χ4v) is 2.01. The fourth-order valence-electron chi connectivity index (χ4n) is 1.89. The Hall–Kier alpha value is -1.52. The molecule has 1 heterocycles. The highest BCUT2D eigenvalue weighted by Gasteiger charge is 2.35. The number of cyclic esters (lactones) is 1. The molecule has 1 aliphatic rings. The summed E-state index contributed by atoms with van der Waals surface area (Å²) >= 11 is 5.84. The highest BCUT2D eigenvalue weighted by molar-refractivity contribution is 6.30. The summed E-state index contributed by atoms with van der Waals surface area (Å²) in [4.78, 5) is 11.3. The average Bonchev–Trinajstić information content (AvgIpc) is 2.74. The maximum Gasteiger partial charge on any atom is 0.335 e. The number of esters is 1. The van der Waals surface area contributed by atoms with E-state index in [0.29, 0.717) is 10.8 Å². The normalized spacial score (nSPS) is 20.3. The van der Waals surface area contributed by atoms with Gasteiger partial charge >= 0.3 is 5.97 Å². The van der Waals surface area contributed by atoms with Gasteiger partial charge in [-0.25, -0.2) is 4.79 Å². The van der Waals surface area contributed by atoms with E-state index < -0.39 is 18.2 Å². The second-order valence-corrected chi connectivity index (χ2v) is 4.25. The Morgan fingerprint density at radius 1 is 1.28 bits per heavy atom. The van der Waals surface area contributed by atoms with Crippen LogP contribution in [0.15, 0.2) is 36.1 Å². The van der Waals surface area contributed by atoms with Crippen molar-refractivity contribution in [3.05, 3.63) is 46.7 Å². The molecule has 1 aromatic carbocycles. The summed E-state index contributed by atoms with van der Waals surface area (Å²) < 4.78 is 15.7. The first-order valence-corrected chi connectivity index (χ1v) is 5.78. The number of hydrogen-bond donors (Lipinski definition) is 0. The highest BCUT2D eigenvalue weighted by atomic mass is 35.5. The topological polar surface area (TPSA) is 44.8 Å². The second-order valence-electron chi connectivity index (χ2n) is 3.82. The van der Waals surface area contributed by atoms with Crippen LogP contribution in [0.2, 0.25) is 5.02 Å². The van der Waals surface area contributed by atoms with E-state index in [1.54, 1.807) is 19.2 Å². The molecule has 2 atom stereocenters. The van der Waals surface area contributed by atoms with Gasteiger partial charge in [-0.15, -0.1) is 0 Å². The van der Waals surface area contributed by atoms with Crippen LogP contribution in [0.1, 0.15) is 11.7 Å². The lowest BCUT2D eigenvalue weighted by molar-refractivity contribution is -0.145. The van der Waals surface area contributed by atoms with Gasteiger partial charge in [0.25, 0.3) is 0 Å². The van der Waals surface area contributed by atoms with Crippen molar-refractivity contribution in [3.8, 4) is 0 Å². The molecule has 0 aliphatic carbocycles. The van der Waals surface area contributed by atoms with E-state index in [4.69, 9.17) is 25.8 Å². The van der Waals surface area contributed by atoms with Crippen LogP contribution in [0, 0.1) is 0 Å². The van der Waals surface area contributed by atoms with Gasteiger partial charge in [-0.1, -0.05) is 23.7 Å². The van der Waals surface area contributed by atoms with Crippen molar-refractivity contribution < 1.29 is 19.0 Å². The third-order valence-electron chi connectivity index (χ3n) is 2.75. The number of rotatable bonds is 4. The molecule has 0 saturated carbocycles. The molecule has 0 fully saturated rings. The smallest absolute Gasteiger partial charge is 0.335 e. The van der Waals surface area contributed by atoms with Crippen LogP contribution in [-0.4, -0.2) is 26.3 Å². The zero-order chi connectivity index (χ0) is 13.1. The minimum Gasteiger partial charge on any atom is -0.497 e. The van der Waals surface area contributed by atoms with Crippen molar-refractivity contribution in [1.29, 1.82) is 0 Å². The Kier molecular flexibility index (Phi) is 3.89. The number of halogens is 1. The van der Waals surface area contributed by atoms with E-state index in [0.717, 1.165) is 5.56 Å². The largest absolute Gasteiger partial charge is 0.497 e. The lowest BCUT2D eigenvalue weighted by Gasteiger charge is -2.23. The maximum absolute atomic E-state index is 11.3. The van der Waals surface area contributed by atoms with E-state index in [9.17, 15) is 4.79 Å². The fraction of sp³-hybridized carbons (Fsp3) is 0.308. The van der Waals surface area contributed by atoms with E-state index >= 15 is 0 Å². The van der Waals surface area contributed by atoms with Gasteiger partial charge in [0, 0.05) is 12.1 Å². The minimum absolute atomic E-state index is 0.417. The molecule has 0 radical (unpaired) electrons. The molecule has 0 saturated heterocycles. The Bertz CT molecular complexity index is 466. The quantitative estimate of drug-likeness (QED) is 0.787. The van der Waals surface area contributed by atoms with E-state index in [1.165, 1.54) is 13.2 Å². The summed E-state index contributed by atoms with van der Waals surface area (Å²) in [5, 5.41) is 0.638. The zero-order valence-electron chi connectivity index (χ0n) is 10.1. The van der Waals surface area contributed by atoms with Crippen LogP contribution < -0.4 is 0 Å². The predicted molar refractivity (Wildman–Crippen MR) is 66.2 cm³/mol. The highest BCUT2D eigenvalue weighted by Crippen LogP contribution is 2.31. The average molecular weight is 269 g/mol. The van der Waals surface area contributed by atoms with Gasteiger partial charge in [-0.3, -0.25) is 0 Å².